The van der Waals surface area contributed by atoms with Crippen LogP contribution >= 0.6 is 11.6 Å². The molecule has 14 heavy (non-hydrogen) atoms. The molecule has 0 bridgehead atoms. The van der Waals surface area contributed by atoms with Crippen molar-refractivity contribution < 1.29 is 8.42 Å². The van der Waals surface area contributed by atoms with Gasteiger partial charge in [0, 0.05) is 11.9 Å². The number of alkyl halides is 1. The highest BCUT2D eigenvalue weighted by molar-refractivity contribution is 7.89. The van der Waals surface area contributed by atoms with Crippen molar-refractivity contribution in [1.82, 2.24) is 4.72 Å². The average molecular weight is 240 g/mol. The summed E-state index contributed by atoms with van der Waals surface area (Å²) >= 11 is 5.57. The van der Waals surface area contributed by atoms with Crippen molar-refractivity contribution in [1.29, 1.82) is 0 Å². The summed E-state index contributed by atoms with van der Waals surface area (Å²) in [6.07, 6.45) is 1.93. The zero-order valence-electron chi connectivity index (χ0n) is 8.66. The van der Waals surface area contributed by atoms with Gasteiger partial charge in [-0.15, -0.1) is 11.6 Å². The van der Waals surface area contributed by atoms with Gasteiger partial charge in [-0.25, -0.2) is 13.1 Å². The average Bonchev–Trinajstić information content (AvgIpc) is 2.00. The van der Waals surface area contributed by atoms with E-state index in [9.17, 15) is 8.42 Å². The first-order valence-electron chi connectivity index (χ1n) is 4.99. The van der Waals surface area contributed by atoms with Gasteiger partial charge in [-0.1, -0.05) is 13.8 Å². The molecule has 1 rings (SSSR count). The van der Waals surface area contributed by atoms with Gasteiger partial charge < -0.3 is 0 Å². The molecule has 3 nitrogen and oxygen atoms in total. The van der Waals surface area contributed by atoms with Crippen molar-refractivity contribution in [2.45, 2.75) is 32.7 Å². The van der Waals surface area contributed by atoms with Crippen LogP contribution in [0.25, 0.3) is 0 Å². The lowest BCUT2D eigenvalue weighted by Gasteiger charge is -2.33. The van der Waals surface area contributed by atoms with E-state index in [0.29, 0.717) is 11.8 Å². The van der Waals surface area contributed by atoms with Crippen molar-refractivity contribution in [2.24, 2.45) is 11.8 Å². The molecule has 0 saturated heterocycles. The lowest BCUT2D eigenvalue weighted by molar-refractivity contribution is 0.270. The minimum Gasteiger partial charge on any atom is -0.212 e. The Kier molecular flexibility index (Phi) is 4.22. The highest BCUT2D eigenvalue weighted by Gasteiger charge is 2.29. The summed E-state index contributed by atoms with van der Waals surface area (Å²) in [5.74, 6) is 1.21. The Morgan fingerprint density at radius 2 is 2.07 bits per heavy atom. The van der Waals surface area contributed by atoms with Crippen LogP contribution < -0.4 is 4.72 Å². The molecule has 1 aliphatic rings. The molecular formula is C9H18ClNO2S. The third kappa shape index (κ3) is 3.75. The maximum Gasteiger partial charge on any atom is 0.212 e. The van der Waals surface area contributed by atoms with Crippen LogP contribution in [-0.4, -0.2) is 26.1 Å². The van der Waals surface area contributed by atoms with Gasteiger partial charge in [-0.3, -0.25) is 0 Å². The van der Waals surface area contributed by atoms with Gasteiger partial charge in [-0.2, -0.15) is 0 Å². The van der Waals surface area contributed by atoms with E-state index in [2.05, 4.69) is 11.6 Å². The molecule has 0 radical (unpaired) electrons. The van der Waals surface area contributed by atoms with Crippen LogP contribution in [0.15, 0.2) is 0 Å². The Bertz CT molecular complexity index is 273. The number of hydrogen-bond donors (Lipinski definition) is 1. The zero-order chi connectivity index (χ0) is 10.8. The molecule has 0 spiro atoms. The van der Waals surface area contributed by atoms with Crippen LogP contribution in [0.1, 0.15) is 26.7 Å². The Labute approximate surface area is 91.3 Å². The molecule has 5 heteroatoms. The van der Waals surface area contributed by atoms with Crippen LogP contribution in [-0.2, 0) is 10.0 Å². The molecule has 1 fully saturated rings. The van der Waals surface area contributed by atoms with E-state index in [4.69, 9.17) is 11.6 Å². The Morgan fingerprint density at radius 3 is 2.50 bits per heavy atom. The number of hydrogen-bond acceptors (Lipinski definition) is 2. The second-order valence-corrected chi connectivity index (χ2v) is 6.54. The van der Waals surface area contributed by atoms with Gasteiger partial charge in [0.25, 0.3) is 0 Å². The molecular weight excluding hydrogens is 222 g/mol. The van der Waals surface area contributed by atoms with Crippen LogP contribution in [0.4, 0.5) is 0 Å². The number of rotatable bonds is 5. The molecule has 0 amide bonds. The maximum absolute atomic E-state index is 11.5. The molecule has 1 unspecified atom stereocenters. The first kappa shape index (κ1) is 12.3. The third-order valence-electron chi connectivity index (χ3n) is 2.49. The fourth-order valence-corrected chi connectivity index (χ4v) is 3.62. The lowest BCUT2D eigenvalue weighted by Crippen LogP contribution is -2.45. The number of halogens is 1. The molecule has 0 heterocycles. The van der Waals surface area contributed by atoms with Gasteiger partial charge >= 0.3 is 0 Å². The SMILES string of the molecule is CC1CC(NS(=O)(=O)CC(C)CCl)C1. The van der Waals surface area contributed by atoms with Gasteiger partial charge in [0.2, 0.25) is 10.0 Å². The summed E-state index contributed by atoms with van der Waals surface area (Å²) in [6.45, 7) is 3.97. The van der Waals surface area contributed by atoms with E-state index in [0.717, 1.165) is 12.8 Å². The van der Waals surface area contributed by atoms with Gasteiger partial charge in [-0.05, 0) is 24.7 Å². The van der Waals surface area contributed by atoms with E-state index < -0.39 is 10.0 Å². The molecule has 0 aromatic carbocycles. The van der Waals surface area contributed by atoms with Crippen LogP contribution in [0.2, 0.25) is 0 Å². The molecule has 0 aromatic heterocycles. The third-order valence-corrected chi connectivity index (χ3v) is 4.71. The summed E-state index contributed by atoms with van der Waals surface area (Å²) < 4.78 is 25.8. The maximum atomic E-state index is 11.5. The molecule has 1 atom stereocenters. The van der Waals surface area contributed by atoms with Gasteiger partial charge in [0.05, 0.1) is 5.75 Å². The summed E-state index contributed by atoms with van der Waals surface area (Å²) in [5, 5.41) is 0. The van der Waals surface area contributed by atoms with Gasteiger partial charge in [0.1, 0.15) is 0 Å². The topological polar surface area (TPSA) is 46.2 Å². The highest BCUT2D eigenvalue weighted by Crippen LogP contribution is 2.26. The summed E-state index contributed by atoms with van der Waals surface area (Å²) in [5.41, 5.74) is 0. The second-order valence-electron chi connectivity index (χ2n) is 4.43. The van der Waals surface area contributed by atoms with Crippen molar-refractivity contribution in [2.75, 3.05) is 11.6 Å². The molecule has 0 aliphatic heterocycles. The van der Waals surface area contributed by atoms with Crippen molar-refractivity contribution in [3.8, 4) is 0 Å². The zero-order valence-corrected chi connectivity index (χ0v) is 10.2. The first-order valence-corrected chi connectivity index (χ1v) is 7.17. The van der Waals surface area contributed by atoms with E-state index in [1.54, 1.807) is 0 Å². The molecule has 84 valence electrons. The molecule has 1 aliphatic carbocycles. The smallest absolute Gasteiger partial charge is 0.212 e. The molecule has 0 aromatic rings. The van der Waals surface area contributed by atoms with Crippen molar-refractivity contribution in [3.05, 3.63) is 0 Å². The fourth-order valence-electron chi connectivity index (χ4n) is 1.72. The molecule has 1 saturated carbocycles. The fraction of sp³-hybridized carbons (Fsp3) is 1.00. The number of sulfonamides is 1. The Hall–Kier alpha value is 0.200. The normalized spacial score (nSPS) is 29.6. The second kappa shape index (κ2) is 4.81. The Morgan fingerprint density at radius 1 is 1.50 bits per heavy atom. The summed E-state index contributed by atoms with van der Waals surface area (Å²) in [4.78, 5) is 0. The predicted molar refractivity (Wildman–Crippen MR) is 59.0 cm³/mol. The van der Waals surface area contributed by atoms with E-state index in [1.807, 2.05) is 6.92 Å². The quantitative estimate of drug-likeness (QED) is 0.741. The van der Waals surface area contributed by atoms with Crippen molar-refractivity contribution in [3.63, 3.8) is 0 Å². The summed E-state index contributed by atoms with van der Waals surface area (Å²) in [6, 6.07) is 0.164. The lowest BCUT2D eigenvalue weighted by atomic mass is 9.83. The highest BCUT2D eigenvalue weighted by atomic mass is 35.5. The molecule has 1 N–H and O–H groups in total. The Balaban J connectivity index is 2.35. The van der Waals surface area contributed by atoms with Crippen LogP contribution in [0, 0.1) is 11.8 Å². The minimum atomic E-state index is -3.11. The van der Waals surface area contributed by atoms with E-state index >= 15 is 0 Å². The van der Waals surface area contributed by atoms with Crippen molar-refractivity contribution >= 4 is 21.6 Å². The monoisotopic (exact) mass is 239 g/mol. The van der Waals surface area contributed by atoms with Gasteiger partial charge in [0.15, 0.2) is 0 Å². The van der Waals surface area contributed by atoms with E-state index in [-0.39, 0.29) is 17.7 Å². The first-order chi connectivity index (χ1) is 6.43. The van der Waals surface area contributed by atoms with E-state index in [1.165, 1.54) is 0 Å². The largest absolute Gasteiger partial charge is 0.212 e. The predicted octanol–water partition coefficient (Wildman–Crippen LogP) is 1.58. The van der Waals surface area contributed by atoms with Crippen LogP contribution in [0.3, 0.4) is 0 Å². The summed E-state index contributed by atoms with van der Waals surface area (Å²) in [7, 11) is -3.11. The number of nitrogens with one attached hydrogen (secondary N) is 1. The van der Waals surface area contributed by atoms with Crippen LogP contribution in [0.5, 0.6) is 0 Å². The minimum absolute atomic E-state index is 0.0201. The standard InChI is InChI=1S/C9H18ClNO2S/c1-7-3-9(4-7)11-14(12,13)6-8(2)5-10/h7-9,11H,3-6H2,1-2H3.